The topological polar surface area (TPSA) is 0 Å². The van der Waals surface area contributed by atoms with Gasteiger partial charge in [0.15, 0.2) is 0 Å². The van der Waals surface area contributed by atoms with Crippen LogP contribution in [0.15, 0.2) is 13.2 Å². The fraction of sp³-hybridized carbons (Fsp3) is 0.923. The van der Waals surface area contributed by atoms with Crippen LogP contribution < -0.4 is 0 Å². The molecule has 0 bridgehead atoms. The molecule has 0 heterocycles. The summed E-state index contributed by atoms with van der Waals surface area (Å²) >= 11 is 14.1. The van der Waals surface area contributed by atoms with Crippen molar-refractivity contribution in [2.75, 3.05) is 25.0 Å². The first kappa shape index (κ1) is 86.0. The minimum Gasteiger partial charge on any atom is -0.183 e. The summed E-state index contributed by atoms with van der Waals surface area (Å²) in [4.78, 5) is 0. The van der Waals surface area contributed by atoms with Crippen LogP contribution in [0.25, 0.3) is 0 Å². The Hall–Kier alpha value is 1.14. The largest absolute Gasteiger partial charge is 0.183 e. The zero-order valence-electron chi connectivity index (χ0n) is 26.0. The predicted octanol–water partition coefficient (Wildman–Crippen LogP) is 12.8. The summed E-state index contributed by atoms with van der Waals surface area (Å²) < 4.78 is 0. The van der Waals surface area contributed by atoms with E-state index in [0.717, 1.165) is 0 Å². The van der Waals surface area contributed by atoms with Gasteiger partial charge in [0.1, 0.15) is 0 Å². The average Bonchev–Trinajstić information content (AvgIpc) is 2.87. The summed E-state index contributed by atoms with van der Waals surface area (Å²) in [5, 5.41) is 0. The van der Waals surface area contributed by atoms with Gasteiger partial charge in [0, 0.05) is 0 Å². The first-order chi connectivity index (χ1) is 14.7. The quantitative estimate of drug-likeness (QED) is 0.178. The summed E-state index contributed by atoms with van der Waals surface area (Å²) in [5.74, 6) is 0. The molecule has 0 aromatic rings. The van der Waals surface area contributed by atoms with Crippen molar-refractivity contribution in [2.24, 2.45) is 0 Å². The molecule has 0 nitrogen and oxygen atoms in total. The van der Waals surface area contributed by atoms with Gasteiger partial charge in [0.05, 0.1) is 0 Å². The van der Waals surface area contributed by atoms with Gasteiger partial charge >= 0.3 is 0 Å². The molecular formula is C26H76S4. The molecular weight excluding hydrogens is 441 g/mol. The fourth-order valence-electron chi connectivity index (χ4n) is 0. The molecule has 0 amide bonds. The monoisotopic (exact) mass is 516 g/mol. The summed E-state index contributed by atoms with van der Waals surface area (Å²) in [7, 11) is 0. The van der Waals surface area contributed by atoms with E-state index in [0.29, 0.717) is 0 Å². The first-order valence-electron chi connectivity index (χ1n) is 11.9. The van der Waals surface area contributed by atoms with E-state index in [-0.39, 0.29) is 0 Å². The van der Waals surface area contributed by atoms with Crippen LogP contribution in [0.5, 0.6) is 0 Å². The third-order valence-electron chi connectivity index (χ3n) is 0. The Morgan fingerprint density at radius 3 is 0.300 bits per heavy atom. The maximum absolute atomic E-state index is 3.53. The Morgan fingerprint density at radius 1 is 0.300 bits per heavy atom. The van der Waals surface area contributed by atoms with Crippen LogP contribution in [0.1, 0.15) is 136 Å². The van der Waals surface area contributed by atoms with Crippen LogP contribution in [0.3, 0.4) is 0 Å². The summed E-state index contributed by atoms with van der Waals surface area (Å²) in [5.41, 5.74) is 0. The maximum atomic E-state index is 3.53. The molecule has 0 saturated heterocycles. The Balaban J connectivity index is -0.00000000955. The lowest BCUT2D eigenvalue weighted by molar-refractivity contribution is 1.09. The van der Waals surface area contributed by atoms with Crippen LogP contribution >= 0.6 is 50.5 Å². The van der Waals surface area contributed by atoms with Crippen molar-refractivity contribution >= 4 is 50.5 Å². The molecule has 0 aliphatic carbocycles. The Kier molecular flexibility index (Phi) is 2780. The highest BCUT2D eigenvalue weighted by atomic mass is 32.1. The highest BCUT2D eigenvalue weighted by Crippen LogP contribution is 1.57. The number of rotatable bonds is 0. The molecule has 204 valence electrons. The van der Waals surface area contributed by atoms with Gasteiger partial charge in [-0.1, -0.05) is 136 Å². The molecule has 0 rings (SSSR count). The molecule has 0 atom stereocenters. The fourth-order valence-corrected chi connectivity index (χ4v) is 0. The van der Waals surface area contributed by atoms with Gasteiger partial charge in [-0.2, -0.15) is 50.5 Å². The molecule has 0 aliphatic rings. The first-order valence-corrected chi connectivity index (χ1v) is 15.5. The number of hydrogen-bond acceptors (Lipinski definition) is 4. The third-order valence-corrected chi connectivity index (χ3v) is 0. The van der Waals surface area contributed by atoms with Gasteiger partial charge in [-0.15, -0.1) is 13.2 Å². The highest BCUT2D eigenvalue weighted by Gasteiger charge is 1.36. The number of thiol groups is 4. The maximum Gasteiger partial charge on any atom is -0.0215 e. The summed E-state index contributed by atoms with van der Waals surface area (Å²) in [6, 6.07) is 0. The van der Waals surface area contributed by atoms with Gasteiger partial charge in [-0.3, -0.25) is 0 Å². The molecule has 0 fully saturated rings. The van der Waals surface area contributed by atoms with Crippen molar-refractivity contribution in [3.63, 3.8) is 0 Å². The molecule has 0 saturated carbocycles. The van der Waals surface area contributed by atoms with Crippen molar-refractivity contribution in [2.45, 2.75) is 136 Å². The van der Waals surface area contributed by atoms with Gasteiger partial charge in [0.25, 0.3) is 0 Å². The Labute approximate surface area is 224 Å². The molecule has 30 heavy (non-hydrogen) atoms. The average molecular weight is 517 g/mol. The van der Waals surface area contributed by atoms with Crippen LogP contribution in [0, 0.1) is 0 Å². The second-order valence-corrected chi connectivity index (χ2v) is 2.83. The van der Waals surface area contributed by atoms with Crippen LogP contribution in [0.2, 0.25) is 0 Å². The standard InChI is InChI=1S/4C3H8.4C2H6.C2H4.4CH4S/c4*1-3-2;9*1-2/h4*3H2,1-2H3;4*1-2H3;1-2H2;4*2H,1H3. The second-order valence-electron chi connectivity index (χ2n) is 2.83. The van der Waals surface area contributed by atoms with Crippen molar-refractivity contribution < 1.29 is 0 Å². The Bertz CT molecular complexity index is 32.2. The molecule has 0 aliphatic heterocycles. The lowest BCUT2D eigenvalue weighted by atomic mass is 10.6. The predicted molar refractivity (Wildman–Crippen MR) is 180 cm³/mol. The van der Waals surface area contributed by atoms with Gasteiger partial charge in [0.2, 0.25) is 0 Å². The van der Waals surface area contributed by atoms with E-state index in [2.05, 4.69) is 119 Å². The summed E-state index contributed by atoms with van der Waals surface area (Å²) in [6.07, 6.45) is 11.8. The normalized spacial score (nSPS) is 4.13. The SMILES string of the molecule is C=C.CC.CC.CC.CC.CCC.CCC.CCC.CCC.CS.CS.CS.CS. The third kappa shape index (κ3) is 17800. The van der Waals surface area contributed by atoms with Crippen molar-refractivity contribution in [3.8, 4) is 0 Å². The minimum absolute atomic E-state index is 1.25. The van der Waals surface area contributed by atoms with E-state index in [1.54, 1.807) is 25.0 Å². The molecule has 4 heteroatoms. The van der Waals surface area contributed by atoms with Gasteiger partial charge < -0.3 is 0 Å². The smallest absolute Gasteiger partial charge is 0.0215 e. The van der Waals surface area contributed by atoms with Gasteiger partial charge in [-0.25, -0.2) is 0 Å². The van der Waals surface area contributed by atoms with E-state index in [4.69, 9.17) is 0 Å². The van der Waals surface area contributed by atoms with E-state index in [9.17, 15) is 0 Å². The zero-order valence-corrected chi connectivity index (χ0v) is 29.6. The highest BCUT2D eigenvalue weighted by molar-refractivity contribution is 7.79. The lowest BCUT2D eigenvalue weighted by Gasteiger charge is -1.48. The molecule has 0 N–H and O–H groups in total. The van der Waals surface area contributed by atoms with E-state index < -0.39 is 0 Å². The number of hydrogen-bond donors (Lipinski definition) is 4. The molecule has 0 spiro atoms. The molecule has 0 radical (unpaired) electrons. The zero-order chi connectivity index (χ0) is 28.8. The molecule has 0 aromatic carbocycles. The minimum atomic E-state index is 1.25. The van der Waals surface area contributed by atoms with Crippen LogP contribution in [0.4, 0.5) is 0 Å². The van der Waals surface area contributed by atoms with E-state index >= 15 is 0 Å². The van der Waals surface area contributed by atoms with Crippen molar-refractivity contribution in [3.05, 3.63) is 13.2 Å². The van der Waals surface area contributed by atoms with Crippen LogP contribution in [-0.2, 0) is 0 Å². The molecule has 0 aromatic heterocycles. The summed E-state index contributed by atoms with van der Waals surface area (Å²) in [6.45, 7) is 39.0. The lowest BCUT2D eigenvalue weighted by Crippen LogP contribution is -1.27. The van der Waals surface area contributed by atoms with Crippen molar-refractivity contribution in [1.82, 2.24) is 0 Å². The van der Waals surface area contributed by atoms with Crippen LogP contribution in [-0.4, -0.2) is 25.0 Å². The Morgan fingerprint density at radius 2 is 0.300 bits per heavy atom. The molecule has 0 unspecified atom stereocenters. The second kappa shape index (κ2) is 969. The van der Waals surface area contributed by atoms with Crippen molar-refractivity contribution in [1.29, 1.82) is 0 Å². The van der Waals surface area contributed by atoms with Gasteiger partial charge in [-0.05, 0) is 25.0 Å². The van der Waals surface area contributed by atoms with E-state index in [1.165, 1.54) is 25.7 Å². The van der Waals surface area contributed by atoms with E-state index in [1.807, 2.05) is 55.4 Å².